The van der Waals surface area contributed by atoms with Gasteiger partial charge in [-0.15, -0.1) is 11.6 Å². The largest absolute Gasteiger partial charge is 0.350 e. The average molecular weight is 292 g/mol. The predicted molar refractivity (Wildman–Crippen MR) is 80.1 cm³/mol. The van der Waals surface area contributed by atoms with Crippen molar-refractivity contribution < 1.29 is 4.79 Å². The van der Waals surface area contributed by atoms with E-state index in [-0.39, 0.29) is 11.4 Å². The minimum Gasteiger partial charge on any atom is -0.350 e. The molecule has 0 aliphatic carbocycles. The number of alkyl halides is 1. The molecule has 1 aromatic carbocycles. The van der Waals surface area contributed by atoms with Crippen LogP contribution in [0, 0.1) is 0 Å². The Kier molecular flexibility index (Phi) is 4.14. The summed E-state index contributed by atoms with van der Waals surface area (Å²) in [5.74, 6) is -0.216. The average Bonchev–Trinajstić information content (AvgIpc) is 2.86. The first-order chi connectivity index (χ1) is 9.37. The lowest BCUT2D eigenvalue weighted by molar-refractivity contribution is -0.122. The van der Waals surface area contributed by atoms with Gasteiger partial charge >= 0.3 is 0 Å². The number of hydrogen-bond donors (Lipinski definition) is 1. The highest BCUT2D eigenvalue weighted by atomic mass is 35.5. The van der Waals surface area contributed by atoms with Gasteiger partial charge in [0.05, 0.1) is 11.9 Å². The maximum absolute atomic E-state index is 12.0. The second-order valence-corrected chi connectivity index (χ2v) is 6.09. The van der Waals surface area contributed by atoms with Gasteiger partial charge in [-0.3, -0.25) is 4.79 Å². The summed E-state index contributed by atoms with van der Waals surface area (Å²) in [6.07, 6.45) is 3.39. The Labute approximate surface area is 123 Å². The number of benzene rings is 1. The molecule has 0 spiro atoms. The van der Waals surface area contributed by atoms with Gasteiger partial charge in [0.25, 0.3) is 0 Å². The van der Waals surface area contributed by atoms with E-state index in [4.69, 9.17) is 11.6 Å². The molecule has 1 amide bonds. The lowest BCUT2D eigenvalue weighted by Crippen LogP contribution is -2.42. The van der Waals surface area contributed by atoms with Crippen molar-refractivity contribution in [3.05, 3.63) is 48.3 Å². The molecule has 0 aliphatic heterocycles. The molecule has 0 saturated heterocycles. The number of halogens is 1. The van der Waals surface area contributed by atoms with Crippen molar-refractivity contribution >= 4 is 17.5 Å². The molecule has 1 aromatic heterocycles. The van der Waals surface area contributed by atoms with Crippen molar-refractivity contribution in [3.8, 4) is 5.69 Å². The first-order valence-electron chi connectivity index (χ1n) is 6.43. The van der Waals surface area contributed by atoms with Crippen LogP contribution < -0.4 is 5.32 Å². The van der Waals surface area contributed by atoms with Crippen molar-refractivity contribution in [2.45, 2.75) is 31.7 Å². The van der Waals surface area contributed by atoms with Crippen LogP contribution in [0.25, 0.3) is 5.69 Å². The highest BCUT2D eigenvalue weighted by Crippen LogP contribution is 2.22. The van der Waals surface area contributed by atoms with Gasteiger partial charge in [-0.05, 0) is 32.9 Å². The van der Waals surface area contributed by atoms with Gasteiger partial charge < -0.3 is 5.32 Å². The van der Waals surface area contributed by atoms with E-state index in [2.05, 4.69) is 10.4 Å². The van der Waals surface area contributed by atoms with Crippen LogP contribution in [0.3, 0.4) is 0 Å². The van der Waals surface area contributed by atoms with Crippen LogP contribution in [0.2, 0.25) is 0 Å². The molecular weight excluding hydrogens is 274 g/mol. The van der Waals surface area contributed by atoms with Crippen molar-refractivity contribution in [1.29, 1.82) is 0 Å². The van der Waals surface area contributed by atoms with Crippen molar-refractivity contribution in [1.82, 2.24) is 15.1 Å². The second kappa shape index (κ2) is 5.67. The molecule has 5 heteroatoms. The van der Waals surface area contributed by atoms with Gasteiger partial charge in [-0.1, -0.05) is 18.2 Å². The van der Waals surface area contributed by atoms with E-state index in [0.29, 0.717) is 5.56 Å². The molecule has 106 valence electrons. The molecule has 1 N–H and O–H groups in total. The maximum Gasteiger partial charge on any atom is 0.243 e. The topological polar surface area (TPSA) is 46.9 Å². The molecule has 1 atom stereocenters. The van der Waals surface area contributed by atoms with Crippen LogP contribution in [-0.4, -0.2) is 21.2 Å². The Bertz CT molecular complexity index is 587. The highest BCUT2D eigenvalue weighted by Gasteiger charge is 2.23. The minimum absolute atomic E-state index is 0.216. The molecule has 2 aromatic rings. The molecule has 20 heavy (non-hydrogen) atoms. The number of amides is 1. The summed E-state index contributed by atoms with van der Waals surface area (Å²) in [6.45, 7) is 5.76. The van der Waals surface area contributed by atoms with E-state index in [1.165, 1.54) is 0 Å². The first kappa shape index (κ1) is 14.6. The number of rotatable bonds is 3. The van der Waals surface area contributed by atoms with Crippen LogP contribution >= 0.6 is 11.6 Å². The van der Waals surface area contributed by atoms with E-state index < -0.39 is 5.38 Å². The standard InChI is InChI=1S/C15H18ClN3O/c1-15(2,3)18-14(20)13(16)11-9-17-19(10-11)12-7-5-4-6-8-12/h4-10,13H,1-3H3,(H,18,20). The zero-order valence-corrected chi connectivity index (χ0v) is 12.6. The fourth-order valence-electron chi connectivity index (χ4n) is 1.77. The number of aromatic nitrogens is 2. The van der Waals surface area contributed by atoms with Crippen LogP contribution in [0.15, 0.2) is 42.7 Å². The van der Waals surface area contributed by atoms with E-state index in [9.17, 15) is 4.79 Å². The third-order valence-electron chi connectivity index (χ3n) is 2.64. The van der Waals surface area contributed by atoms with Gasteiger partial charge in [-0.25, -0.2) is 4.68 Å². The van der Waals surface area contributed by atoms with Crippen LogP contribution in [-0.2, 0) is 4.79 Å². The number of carbonyl (C=O) groups is 1. The molecule has 1 unspecified atom stereocenters. The van der Waals surface area contributed by atoms with Crippen molar-refractivity contribution in [2.75, 3.05) is 0 Å². The third kappa shape index (κ3) is 3.61. The number of nitrogens with one attached hydrogen (secondary N) is 1. The Morgan fingerprint density at radius 1 is 1.30 bits per heavy atom. The van der Waals surface area contributed by atoms with Crippen molar-refractivity contribution in [3.63, 3.8) is 0 Å². The van der Waals surface area contributed by atoms with E-state index in [0.717, 1.165) is 5.69 Å². The Morgan fingerprint density at radius 3 is 2.55 bits per heavy atom. The van der Waals surface area contributed by atoms with Crippen LogP contribution in [0.4, 0.5) is 0 Å². The normalized spacial score (nSPS) is 13.0. The summed E-state index contributed by atoms with van der Waals surface area (Å²) in [6, 6.07) is 9.68. The third-order valence-corrected chi connectivity index (χ3v) is 3.09. The molecule has 0 bridgehead atoms. The first-order valence-corrected chi connectivity index (χ1v) is 6.86. The molecule has 0 saturated carbocycles. The van der Waals surface area contributed by atoms with Gasteiger partial charge in [0.2, 0.25) is 5.91 Å². The molecule has 0 aliphatic rings. The monoisotopic (exact) mass is 291 g/mol. The quantitative estimate of drug-likeness (QED) is 0.884. The molecule has 2 rings (SSSR count). The van der Waals surface area contributed by atoms with Crippen LogP contribution in [0.1, 0.15) is 31.7 Å². The zero-order chi connectivity index (χ0) is 14.8. The summed E-state index contributed by atoms with van der Waals surface area (Å²) in [5.41, 5.74) is 1.30. The Hall–Kier alpha value is -1.81. The zero-order valence-electron chi connectivity index (χ0n) is 11.8. The van der Waals surface area contributed by atoms with Gasteiger partial charge in [0.15, 0.2) is 0 Å². The predicted octanol–water partition coefficient (Wildman–Crippen LogP) is 3.07. The smallest absolute Gasteiger partial charge is 0.243 e. The second-order valence-electron chi connectivity index (χ2n) is 5.66. The highest BCUT2D eigenvalue weighted by molar-refractivity contribution is 6.30. The fraction of sp³-hybridized carbons (Fsp3) is 0.333. The van der Waals surface area contributed by atoms with E-state index >= 15 is 0 Å². The maximum atomic E-state index is 12.0. The van der Waals surface area contributed by atoms with Crippen LogP contribution in [0.5, 0.6) is 0 Å². The fourth-order valence-corrected chi connectivity index (χ4v) is 1.94. The number of hydrogen-bond acceptors (Lipinski definition) is 2. The molecule has 0 fully saturated rings. The molecule has 0 radical (unpaired) electrons. The summed E-state index contributed by atoms with van der Waals surface area (Å²) in [4.78, 5) is 12.0. The number of para-hydroxylation sites is 1. The lowest BCUT2D eigenvalue weighted by atomic mass is 10.1. The molecule has 1 heterocycles. The Morgan fingerprint density at radius 2 is 1.95 bits per heavy atom. The summed E-state index contributed by atoms with van der Waals surface area (Å²) in [7, 11) is 0. The van der Waals surface area contributed by atoms with Gasteiger partial charge in [0.1, 0.15) is 5.38 Å². The summed E-state index contributed by atoms with van der Waals surface area (Å²) in [5, 5.41) is 6.35. The van der Waals surface area contributed by atoms with E-state index in [1.807, 2.05) is 51.1 Å². The number of nitrogens with zero attached hydrogens (tertiary/aromatic N) is 2. The number of carbonyl (C=O) groups excluding carboxylic acids is 1. The van der Waals surface area contributed by atoms with E-state index in [1.54, 1.807) is 17.1 Å². The van der Waals surface area contributed by atoms with Gasteiger partial charge in [0, 0.05) is 17.3 Å². The molecular formula is C15H18ClN3O. The SMILES string of the molecule is CC(C)(C)NC(=O)C(Cl)c1cnn(-c2ccccc2)c1. The van der Waals surface area contributed by atoms with Crippen molar-refractivity contribution in [2.24, 2.45) is 0 Å². The minimum atomic E-state index is -0.744. The summed E-state index contributed by atoms with van der Waals surface area (Å²) < 4.78 is 1.70. The Balaban J connectivity index is 2.15. The molecule has 4 nitrogen and oxygen atoms in total. The lowest BCUT2D eigenvalue weighted by Gasteiger charge is -2.22. The summed E-state index contributed by atoms with van der Waals surface area (Å²) >= 11 is 6.20. The van der Waals surface area contributed by atoms with Gasteiger partial charge in [-0.2, -0.15) is 5.10 Å².